The fourth-order valence-corrected chi connectivity index (χ4v) is 4.32. The second-order valence-corrected chi connectivity index (χ2v) is 7.46. The van der Waals surface area contributed by atoms with Gasteiger partial charge in [-0.25, -0.2) is 0 Å². The number of thioether (sulfide) groups is 1. The van der Waals surface area contributed by atoms with Crippen LogP contribution in [0.15, 0.2) is 30.7 Å². The highest BCUT2D eigenvalue weighted by Gasteiger charge is 2.24. The quantitative estimate of drug-likeness (QED) is 0.888. The molecule has 0 aliphatic heterocycles. The molecule has 2 heterocycles. The summed E-state index contributed by atoms with van der Waals surface area (Å²) >= 11 is 2.10. The number of hydrogen-bond donors (Lipinski definition) is 1. The van der Waals surface area contributed by atoms with Crippen molar-refractivity contribution in [2.24, 2.45) is 7.05 Å². The summed E-state index contributed by atoms with van der Waals surface area (Å²) in [5, 5.41) is 9.17. The molecule has 2 aromatic heterocycles. The van der Waals surface area contributed by atoms with Gasteiger partial charge in [-0.15, -0.1) is 0 Å². The first-order chi connectivity index (χ1) is 10.8. The van der Waals surface area contributed by atoms with Gasteiger partial charge < -0.3 is 5.32 Å². The Morgan fingerprint density at radius 2 is 2.32 bits per heavy atom. The van der Waals surface area contributed by atoms with Crippen LogP contribution >= 0.6 is 11.8 Å². The van der Waals surface area contributed by atoms with Gasteiger partial charge in [0.25, 0.3) is 0 Å². The summed E-state index contributed by atoms with van der Waals surface area (Å²) in [6.45, 7) is 3.13. The molecule has 0 bridgehead atoms. The van der Waals surface area contributed by atoms with E-state index in [-0.39, 0.29) is 0 Å². The lowest BCUT2D eigenvalue weighted by Crippen LogP contribution is -2.26. The van der Waals surface area contributed by atoms with Gasteiger partial charge in [0.1, 0.15) is 0 Å². The normalized spacial score (nSPS) is 21.4. The maximum Gasteiger partial charge on any atom is 0.0983 e. The molecule has 118 valence electrons. The summed E-state index contributed by atoms with van der Waals surface area (Å²) in [6.07, 6.45) is 9.73. The molecule has 3 rings (SSSR count). The van der Waals surface area contributed by atoms with Crippen molar-refractivity contribution >= 4 is 11.8 Å². The molecule has 1 saturated carbocycles. The smallest absolute Gasteiger partial charge is 0.0983 e. The van der Waals surface area contributed by atoms with Crippen LogP contribution in [0.25, 0.3) is 11.3 Å². The van der Waals surface area contributed by atoms with E-state index in [1.165, 1.54) is 30.6 Å². The Kier molecular flexibility index (Phi) is 5.16. The third-order valence-corrected chi connectivity index (χ3v) is 5.44. The Labute approximate surface area is 136 Å². The highest BCUT2D eigenvalue weighted by Crippen LogP contribution is 2.30. The van der Waals surface area contributed by atoms with Gasteiger partial charge in [0, 0.05) is 54.6 Å². The van der Waals surface area contributed by atoms with Crippen LogP contribution in [-0.4, -0.2) is 31.8 Å². The van der Waals surface area contributed by atoms with Crippen LogP contribution in [0.1, 0.15) is 31.7 Å². The van der Waals surface area contributed by atoms with Crippen LogP contribution in [0.2, 0.25) is 0 Å². The van der Waals surface area contributed by atoms with E-state index in [0.29, 0.717) is 6.04 Å². The molecule has 0 amide bonds. The van der Waals surface area contributed by atoms with E-state index < -0.39 is 0 Å². The van der Waals surface area contributed by atoms with Crippen molar-refractivity contribution in [2.75, 3.05) is 5.75 Å². The fraction of sp³-hybridized carbons (Fsp3) is 0.529. The third-order valence-electron chi connectivity index (χ3n) is 4.21. The van der Waals surface area contributed by atoms with Crippen molar-refractivity contribution < 1.29 is 0 Å². The first-order valence-electron chi connectivity index (χ1n) is 8.04. The maximum atomic E-state index is 4.60. The third kappa shape index (κ3) is 3.70. The Morgan fingerprint density at radius 3 is 3.09 bits per heavy atom. The monoisotopic (exact) mass is 316 g/mol. The molecule has 1 N–H and O–H groups in total. The van der Waals surface area contributed by atoms with Crippen LogP contribution in [-0.2, 0) is 13.6 Å². The van der Waals surface area contributed by atoms with Crippen LogP contribution < -0.4 is 5.32 Å². The van der Waals surface area contributed by atoms with Gasteiger partial charge in [-0.1, -0.05) is 6.92 Å². The van der Waals surface area contributed by atoms with Crippen molar-refractivity contribution in [3.05, 3.63) is 36.3 Å². The summed E-state index contributed by atoms with van der Waals surface area (Å²) in [5.74, 6) is 1.23. The number of rotatable bonds is 6. The molecular weight excluding hydrogens is 292 g/mol. The minimum absolute atomic E-state index is 0.644. The van der Waals surface area contributed by atoms with E-state index in [4.69, 9.17) is 0 Å². The molecule has 0 saturated heterocycles. The Balaban J connectivity index is 1.64. The van der Waals surface area contributed by atoms with Crippen molar-refractivity contribution in [3.63, 3.8) is 0 Å². The number of pyridine rings is 1. The second-order valence-electron chi connectivity index (χ2n) is 5.89. The minimum atomic E-state index is 0.644. The first kappa shape index (κ1) is 15.6. The van der Waals surface area contributed by atoms with E-state index in [0.717, 1.165) is 23.1 Å². The average Bonchev–Trinajstić information content (AvgIpc) is 3.13. The molecule has 2 atom stereocenters. The van der Waals surface area contributed by atoms with E-state index in [2.05, 4.69) is 46.3 Å². The zero-order chi connectivity index (χ0) is 15.4. The zero-order valence-electron chi connectivity index (χ0n) is 13.3. The van der Waals surface area contributed by atoms with E-state index in [1.54, 1.807) is 6.20 Å². The van der Waals surface area contributed by atoms with E-state index in [1.807, 2.05) is 24.0 Å². The highest BCUT2D eigenvalue weighted by atomic mass is 32.2. The van der Waals surface area contributed by atoms with Crippen molar-refractivity contribution in [1.82, 2.24) is 20.1 Å². The SMILES string of the molecule is CCS[C@H]1CC[C@H](NCc2cn(C)nc2-c2cccnc2)C1. The first-order valence-corrected chi connectivity index (χ1v) is 9.09. The van der Waals surface area contributed by atoms with Gasteiger partial charge in [0.05, 0.1) is 5.69 Å². The van der Waals surface area contributed by atoms with Gasteiger partial charge in [-0.05, 0) is 37.1 Å². The molecule has 0 aromatic carbocycles. The van der Waals surface area contributed by atoms with Crippen molar-refractivity contribution in [3.8, 4) is 11.3 Å². The molecule has 4 nitrogen and oxygen atoms in total. The van der Waals surface area contributed by atoms with Crippen LogP contribution in [0.4, 0.5) is 0 Å². The number of aryl methyl sites for hydroxylation is 1. The summed E-state index contributed by atoms with van der Waals surface area (Å²) < 4.78 is 1.89. The predicted octanol–water partition coefficient (Wildman–Crippen LogP) is 3.25. The van der Waals surface area contributed by atoms with Gasteiger partial charge in [0.15, 0.2) is 0 Å². The summed E-state index contributed by atoms with van der Waals surface area (Å²) in [6, 6.07) is 4.68. The Morgan fingerprint density at radius 1 is 1.41 bits per heavy atom. The lowest BCUT2D eigenvalue weighted by atomic mass is 10.1. The standard InChI is InChI=1S/C17H24N4S/c1-3-22-16-7-6-15(9-16)19-11-14-12-21(2)20-17(14)13-5-4-8-18-10-13/h4-5,8,10,12,15-16,19H,3,6-7,9,11H2,1-2H3/t15-,16-/m0/s1. The van der Waals surface area contributed by atoms with Crippen LogP contribution in [0.3, 0.4) is 0 Å². The summed E-state index contributed by atoms with van der Waals surface area (Å²) in [4.78, 5) is 4.21. The molecule has 5 heteroatoms. The molecular formula is C17H24N4S. The lowest BCUT2D eigenvalue weighted by molar-refractivity contribution is 0.525. The zero-order valence-corrected chi connectivity index (χ0v) is 14.1. The van der Waals surface area contributed by atoms with E-state index in [9.17, 15) is 0 Å². The fourth-order valence-electron chi connectivity index (χ4n) is 3.18. The van der Waals surface area contributed by atoms with Gasteiger partial charge in [-0.3, -0.25) is 9.67 Å². The molecule has 0 spiro atoms. The number of nitrogens with zero attached hydrogens (tertiary/aromatic N) is 3. The minimum Gasteiger partial charge on any atom is -0.310 e. The molecule has 1 aliphatic rings. The molecule has 1 fully saturated rings. The van der Waals surface area contributed by atoms with Gasteiger partial charge >= 0.3 is 0 Å². The highest BCUT2D eigenvalue weighted by molar-refractivity contribution is 7.99. The molecule has 0 radical (unpaired) electrons. The molecule has 2 aromatic rings. The van der Waals surface area contributed by atoms with Crippen molar-refractivity contribution in [2.45, 2.75) is 44.0 Å². The molecule has 1 aliphatic carbocycles. The van der Waals surface area contributed by atoms with Crippen molar-refractivity contribution in [1.29, 1.82) is 0 Å². The average molecular weight is 316 g/mol. The lowest BCUT2D eigenvalue weighted by Gasteiger charge is -2.13. The van der Waals surface area contributed by atoms with Gasteiger partial charge in [0.2, 0.25) is 0 Å². The van der Waals surface area contributed by atoms with E-state index >= 15 is 0 Å². The summed E-state index contributed by atoms with van der Waals surface area (Å²) in [7, 11) is 1.98. The second kappa shape index (κ2) is 7.29. The van der Waals surface area contributed by atoms with Crippen LogP contribution in [0, 0.1) is 0 Å². The predicted molar refractivity (Wildman–Crippen MR) is 92.8 cm³/mol. The Bertz CT molecular complexity index is 596. The number of hydrogen-bond acceptors (Lipinski definition) is 4. The number of aromatic nitrogens is 3. The van der Waals surface area contributed by atoms with Crippen LogP contribution in [0.5, 0.6) is 0 Å². The number of nitrogens with one attached hydrogen (secondary N) is 1. The molecule has 0 unspecified atom stereocenters. The summed E-state index contributed by atoms with van der Waals surface area (Å²) in [5.41, 5.74) is 3.38. The maximum absolute atomic E-state index is 4.60. The Hall–Kier alpha value is -1.33. The molecule has 22 heavy (non-hydrogen) atoms. The van der Waals surface area contributed by atoms with Gasteiger partial charge in [-0.2, -0.15) is 16.9 Å². The largest absolute Gasteiger partial charge is 0.310 e. The topological polar surface area (TPSA) is 42.7 Å².